The van der Waals surface area contributed by atoms with E-state index in [0.717, 1.165) is 48.2 Å². The third kappa shape index (κ3) is 3.07. The molecule has 30 heavy (non-hydrogen) atoms. The highest BCUT2D eigenvalue weighted by molar-refractivity contribution is 6.07. The summed E-state index contributed by atoms with van der Waals surface area (Å²) in [5.74, 6) is 1.48. The Balaban J connectivity index is 1.46. The number of carbonyl (C=O) groups excluding carboxylic acids is 2. The lowest BCUT2D eigenvalue weighted by atomic mass is 9.79. The van der Waals surface area contributed by atoms with Crippen LogP contribution in [0.3, 0.4) is 0 Å². The summed E-state index contributed by atoms with van der Waals surface area (Å²) in [6.45, 7) is 3.35. The minimum atomic E-state index is -0.841. The van der Waals surface area contributed by atoms with Crippen molar-refractivity contribution in [1.29, 1.82) is 0 Å². The minimum absolute atomic E-state index is 0.0851. The highest BCUT2D eigenvalue weighted by Gasteiger charge is 2.48. The van der Waals surface area contributed by atoms with E-state index in [4.69, 9.17) is 9.97 Å². The number of aromatic nitrogens is 2. The summed E-state index contributed by atoms with van der Waals surface area (Å²) in [7, 11) is 0. The molecule has 3 heterocycles. The van der Waals surface area contributed by atoms with E-state index in [2.05, 4.69) is 21.6 Å². The third-order valence-electron chi connectivity index (χ3n) is 6.30. The molecule has 5 rings (SSSR count). The van der Waals surface area contributed by atoms with Crippen LogP contribution in [-0.2, 0) is 4.79 Å². The number of nitrogens with one attached hydrogen (secondary N) is 2. The number of piperidine rings is 1. The molecule has 7 heteroatoms. The number of hydrogen-bond donors (Lipinski definition) is 2. The number of anilines is 1. The lowest BCUT2D eigenvalue weighted by Crippen LogP contribution is -2.54. The van der Waals surface area contributed by atoms with Crippen LogP contribution in [0.1, 0.15) is 19.8 Å². The fourth-order valence-electron chi connectivity index (χ4n) is 4.53. The van der Waals surface area contributed by atoms with Crippen molar-refractivity contribution in [2.24, 2.45) is 5.92 Å². The van der Waals surface area contributed by atoms with E-state index in [1.54, 1.807) is 0 Å². The van der Waals surface area contributed by atoms with Crippen molar-refractivity contribution in [3.63, 3.8) is 0 Å². The summed E-state index contributed by atoms with van der Waals surface area (Å²) >= 11 is 0. The van der Waals surface area contributed by atoms with E-state index < -0.39 is 11.6 Å². The van der Waals surface area contributed by atoms with Gasteiger partial charge in [0.1, 0.15) is 11.4 Å². The number of amides is 3. The molecule has 152 valence electrons. The van der Waals surface area contributed by atoms with Crippen molar-refractivity contribution in [2.45, 2.75) is 25.3 Å². The zero-order valence-electron chi connectivity index (χ0n) is 16.8. The van der Waals surface area contributed by atoms with Gasteiger partial charge in [-0.05, 0) is 37.8 Å². The molecule has 2 aromatic carbocycles. The molecule has 1 aromatic heterocycles. The quantitative estimate of drug-likeness (QED) is 0.659. The van der Waals surface area contributed by atoms with Crippen molar-refractivity contribution in [3.8, 4) is 11.4 Å². The van der Waals surface area contributed by atoms with E-state index in [1.165, 1.54) is 0 Å². The maximum atomic E-state index is 12.3. The van der Waals surface area contributed by atoms with Crippen molar-refractivity contribution in [2.75, 3.05) is 18.0 Å². The Bertz CT molecular complexity index is 1120. The first-order valence-corrected chi connectivity index (χ1v) is 10.3. The van der Waals surface area contributed by atoms with Gasteiger partial charge in [-0.3, -0.25) is 10.1 Å². The predicted octanol–water partition coefficient (Wildman–Crippen LogP) is 3.11. The van der Waals surface area contributed by atoms with Crippen LogP contribution in [0.5, 0.6) is 0 Å². The first-order chi connectivity index (χ1) is 14.5. The standard InChI is InChI=1S/C23H23N5O2/c1-23(21(29)26-22(30)27-23)16-11-13-28(14-12-16)20-17-9-5-6-10-18(17)24-19(25-20)15-7-3-2-4-8-15/h2-10,16H,11-14H2,1H3,(H2,26,27,29,30). The average molecular weight is 401 g/mol. The van der Waals surface area contributed by atoms with Crippen LogP contribution in [0.15, 0.2) is 54.6 Å². The predicted molar refractivity (Wildman–Crippen MR) is 115 cm³/mol. The van der Waals surface area contributed by atoms with E-state index in [1.807, 2.05) is 55.5 Å². The Morgan fingerprint density at radius 1 is 0.967 bits per heavy atom. The van der Waals surface area contributed by atoms with Gasteiger partial charge in [-0.1, -0.05) is 42.5 Å². The van der Waals surface area contributed by atoms with Gasteiger partial charge in [0.2, 0.25) is 0 Å². The van der Waals surface area contributed by atoms with E-state index in [-0.39, 0.29) is 11.8 Å². The Hall–Kier alpha value is -3.48. The molecular weight excluding hydrogens is 378 g/mol. The largest absolute Gasteiger partial charge is 0.356 e. The summed E-state index contributed by atoms with van der Waals surface area (Å²) in [5, 5.41) is 6.22. The second kappa shape index (κ2) is 7.09. The van der Waals surface area contributed by atoms with Crippen molar-refractivity contribution in [3.05, 3.63) is 54.6 Å². The van der Waals surface area contributed by atoms with Crippen LogP contribution in [0.2, 0.25) is 0 Å². The summed E-state index contributed by atoms with van der Waals surface area (Å²) < 4.78 is 0. The molecule has 2 aliphatic heterocycles. The number of rotatable bonds is 3. The highest BCUT2D eigenvalue weighted by Crippen LogP contribution is 2.34. The second-order valence-electron chi connectivity index (χ2n) is 8.13. The molecule has 3 aromatic rings. The maximum absolute atomic E-state index is 12.3. The topological polar surface area (TPSA) is 87.2 Å². The van der Waals surface area contributed by atoms with Gasteiger partial charge in [0.05, 0.1) is 5.52 Å². The maximum Gasteiger partial charge on any atom is 0.322 e. The van der Waals surface area contributed by atoms with Crippen molar-refractivity contribution >= 4 is 28.7 Å². The lowest BCUT2D eigenvalue weighted by molar-refractivity contribution is -0.125. The first-order valence-electron chi connectivity index (χ1n) is 10.3. The molecule has 2 N–H and O–H groups in total. The number of imide groups is 1. The zero-order valence-corrected chi connectivity index (χ0v) is 16.8. The van der Waals surface area contributed by atoms with Gasteiger partial charge in [0, 0.05) is 24.0 Å². The molecule has 0 spiro atoms. The highest BCUT2D eigenvalue weighted by atomic mass is 16.2. The fourth-order valence-corrected chi connectivity index (χ4v) is 4.53. The molecule has 2 saturated heterocycles. The summed E-state index contributed by atoms with van der Waals surface area (Å²) in [6.07, 6.45) is 1.59. The van der Waals surface area contributed by atoms with Gasteiger partial charge in [-0.2, -0.15) is 0 Å². The Morgan fingerprint density at radius 3 is 2.37 bits per heavy atom. The van der Waals surface area contributed by atoms with Crippen LogP contribution >= 0.6 is 0 Å². The molecule has 0 radical (unpaired) electrons. The molecule has 0 bridgehead atoms. The van der Waals surface area contributed by atoms with Gasteiger partial charge >= 0.3 is 6.03 Å². The zero-order chi connectivity index (χ0) is 20.7. The van der Waals surface area contributed by atoms with Crippen molar-refractivity contribution < 1.29 is 9.59 Å². The number of fused-ring (bicyclic) bond motifs is 1. The van der Waals surface area contributed by atoms with E-state index in [0.29, 0.717) is 5.82 Å². The number of urea groups is 1. The third-order valence-corrected chi connectivity index (χ3v) is 6.30. The Labute approximate surface area is 174 Å². The van der Waals surface area contributed by atoms with Gasteiger partial charge in [-0.15, -0.1) is 0 Å². The summed E-state index contributed by atoms with van der Waals surface area (Å²) in [5.41, 5.74) is 1.06. The molecule has 0 saturated carbocycles. The van der Waals surface area contributed by atoms with Crippen LogP contribution in [0.4, 0.5) is 10.6 Å². The van der Waals surface area contributed by atoms with Crippen LogP contribution in [0, 0.1) is 5.92 Å². The normalized spacial score (nSPS) is 22.2. The van der Waals surface area contributed by atoms with Gasteiger partial charge in [-0.25, -0.2) is 14.8 Å². The number of benzene rings is 2. The van der Waals surface area contributed by atoms with E-state index >= 15 is 0 Å². The van der Waals surface area contributed by atoms with Gasteiger partial charge < -0.3 is 10.2 Å². The summed E-state index contributed by atoms with van der Waals surface area (Å²) in [6, 6.07) is 17.6. The molecule has 1 unspecified atom stereocenters. The Kier molecular flexibility index (Phi) is 4.38. The SMILES string of the molecule is CC1(C2CCN(c3nc(-c4ccccc4)nc4ccccc34)CC2)NC(=O)NC1=O. The van der Waals surface area contributed by atoms with Crippen LogP contribution in [-0.4, -0.2) is 40.5 Å². The van der Waals surface area contributed by atoms with Gasteiger partial charge in [0.25, 0.3) is 5.91 Å². The average Bonchev–Trinajstić information content (AvgIpc) is 3.06. The number of carbonyl (C=O) groups is 2. The molecule has 2 fully saturated rings. The molecule has 2 aliphatic rings. The smallest absolute Gasteiger partial charge is 0.322 e. The van der Waals surface area contributed by atoms with Crippen molar-refractivity contribution in [1.82, 2.24) is 20.6 Å². The molecule has 3 amide bonds. The Morgan fingerprint density at radius 2 is 1.67 bits per heavy atom. The number of nitrogens with zero attached hydrogens (tertiary/aromatic N) is 3. The molecule has 7 nitrogen and oxygen atoms in total. The van der Waals surface area contributed by atoms with E-state index in [9.17, 15) is 9.59 Å². The van der Waals surface area contributed by atoms with Gasteiger partial charge in [0.15, 0.2) is 5.82 Å². The second-order valence-corrected chi connectivity index (χ2v) is 8.13. The first kappa shape index (κ1) is 18.5. The monoisotopic (exact) mass is 401 g/mol. The van der Waals surface area contributed by atoms with Crippen LogP contribution in [0.25, 0.3) is 22.3 Å². The molecule has 0 aliphatic carbocycles. The molecular formula is C23H23N5O2. The summed E-state index contributed by atoms with van der Waals surface area (Å²) in [4.78, 5) is 35.9. The fraction of sp³-hybridized carbons (Fsp3) is 0.304. The van der Waals surface area contributed by atoms with Crippen LogP contribution < -0.4 is 15.5 Å². The number of para-hydroxylation sites is 1. The lowest BCUT2D eigenvalue weighted by Gasteiger charge is -2.39. The number of hydrogen-bond acceptors (Lipinski definition) is 5. The molecule has 1 atom stereocenters. The minimum Gasteiger partial charge on any atom is -0.356 e.